The van der Waals surface area contributed by atoms with Crippen LogP contribution in [0, 0.1) is 0 Å². The summed E-state index contributed by atoms with van der Waals surface area (Å²) < 4.78 is 28.6. The topological polar surface area (TPSA) is 68.3 Å². The molecule has 0 aliphatic carbocycles. The van der Waals surface area contributed by atoms with Crippen molar-refractivity contribution in [3.8, 4) is 5.75 Å². The second-order valence-electron chi connectivity index (χ2n) is 5.77. The second-order valence-corrected chi connectivity index (χ2v) is 8.00. The Balaban J connectivity index is 1.47. The minimum Gasteiger partial charge on any atom is -0.489 e. The molecule has 3 rings (SSSR count). The Morgan fingerprint density at radius 3 is 2.65 bits per heavy atom. The average Bonchev–Trinajstić information content (AvgIpc) is 2.92. The van der Waals surface area contributed by atoms with Gasteiger partial charge in [-0.2, -0.15) is 0 Å². The molecule has 2 aromatic rings. The maximum Gasteiger partial charge on any atom is 0.151 e. The van der Waals surface area contributed by atoms with Gasteiger partial charge in [-0.3, -0.25) is 4.98 Å². The predicted octanol–water partition coefficient (Wildman–Crippen LogP) is 1.94. The van der Waals surface area contributed by atoms with Crippen molar-refractivity contribution in [3.05, 3.63) is 59.9 Å². The van der Waals surface area contributed by atoms with Crippen LogP contribution >= 0.6 is 0 Å². The van der Waals surface area contributed by atoms with Gasteiger partial charge in [0.1, 0.15) is 12.4 Å². The van der Waals surface area contributed by atoms with E-state index >= 15 is 0 Å². The van der Waals surface area contributed by atoms with E-state index in [-0.39, 0.29) is 11.8 Å². The smallest absolute Gasteiger partial charge is 0.151 e. The largest absolute Gasteiger partial charge is 0.489 e. The summed E-state index contributed by atoms with van der Waals surface area (Å²) in [4.78, 5) is 4.05. The molecule has 0 amide bonds. The zero-order valence-electron chi connectivity index (χ0n) is 12.8. The van der Waals surface area contributed by atoms with E-state index in [4.69, 9.17) is 4.74 Å². The van der Waals surface area contributed by atoms with Gasteiger partial charge in [0.05, 0.1) is 11.5 Å². The van der Waals surface area contributed by atoms with Crippen molar-refractivity contribution in [2.45, 2.75) is 25.6 Å². The van der Waals surface area contributed by atoms with Crippen molar-refractivity contribution in [2.24, 2.45) is 0 Å². The minimum absolute atomic E-state index is 0.0708. The van der Waals surface area contributed by atoms with E-state index in [1.807, 2.05) is 36.4 Å². The molecule has 0 unspecified atom stereocenters. The van der Waals surface area contributed by atoms with Crippen LogP contribution in [0.1, 0.15) is 17.5 Å². The summed E-state index contributed by atoms with van der Waals surface area (Å²) in [7, 11) is -2.83. The molecular weight excluding hydrogens is 312 g/mol. The van der Waals surface area contributed by atoms with Crippen molar-refractivity contribution in [3.63, 3.8) is 0 Å². The zero-order valence-corrected chi connectivity index (χ0v) is 13.6. The summed E-state index contributed by atoms with van der Waals surface area (Å²) in [6.45, 7) is 1.16. The molecule has 1 saturated heterocycles. The van der Waals surface area contributed by atoms with Crippen molar-refractivity contribution in [2.75, 3.05) is 11.5 Å². The number of benzene rings is 1. The van der Waals surface area contributed by atoms with Gasteiger partial charge in [-0.1, -0.05) is 18.2 Å². The monoisotopic (exact) mass is 332 g/mol. The Morgan fingerprint density at radius 2 is 2.00 bits per heavy atom. The van der Waals surface area contributed by atoms with Gasteiger partial charge >= 0.3 is 0 Å². The molecule has 0 spiro atoms. The molecule has 0 bridgehead atoms. The summed E-state index contributed by atoms with van der Waals surface area (Å²) in [6.07, 6.45) is 4.23. The Labute approximate surface area is 136 Å². The van der Waals surface area contributed by atoms with E-state index < -0.39 is 9.84 Å². The molecule has 1 atom stereocenters. The highest BCUT2D eigenvalue weighted by Crippen LogP contribution is 2.15. The number of nitrogens with one attached hydrogen (secondary N) is 1. The number of pyridine rings is 1. The van der Waals surface area contributed by atoms with Gasteiger partial charge in [0.25, 0.3) is 0 Å². The van der Waals surface area contributed by atoms with Crippen LogP contribution in [-0.4, -0.2) is 30.9 Å². The van der Waals surface area contributed by atoms with E-state index in [0.717, 1.165) is 16.9 Å². The first kappa shape index (κ1) is 16.0. The highest BCUT2D eigenvalue weighted by Gasteiger charge is 2.27. The molecule has 1 N–H and O–H groups in total. The zero-order chi connectivity index (χ0) is 16.1. The average molecular weight is 332 g/mol. The summed E-state index contributed by atoms with van der Waals surface area (Å²) in [5.74, 6) is 1.35. The number of hydrogen-bond acceptors (Lipinski definition) is 5. The molecule has 0 radical (unpaired) electrons. The Bertz CT molecular complexity index is 730. The van der Waals surface area contributed by atoms with Gasteiger partial charge in [0.2, 0.25) is 0 Å². The van der Waals surface area contributed by atoms with Crippen LogP contribution in [0.2, 0.25) is 0 Å². The van der Waals surface area contributed by atoms with Crippen molar-refractivity contribution < 1.29 is 13.2 Å². The van der Waals surface area contributed by atoms with Gasteiger partial charge in [-0.25, -0.2) is 8.42 Å². The fraction of sp³-hybridized carbons (Fsp3) is 0.353. The number of aromatic nitrogens is 1. The number of nitrogens with zero attached hydrogens (tertiary/aromatic N) is 1. The highest BCUT2D eigenvalue weighted by molar-refractivity contribution is 7.91. The lowest BCUT2D eigenvalue weighted by atomic mass is 10.2. The number of rotatable bonds is 6. The van der Waals surface area contributed by atoms with E-state index in [2.05, 4.69) is 10.3 Å². The van der Waals surface area contributed by atoms with Crippen LogP contribution in [0.15, 0.2) is 48.8 Å². The molecule has 1 aliphatic heterocycles. The molecular formula is C17H20N2O3S. The number of ether oxygens (including phenoxy) is 1. The lowest BCUT2D eigenvalue weighted by molar-refractivity contribution is 0.305. The van der Waals surface area contributed by atoms with Gasteiger partial charge in [-0.05, 0) is 30.2 Å². The van der Waals surface area contributed by atoms with Gasteiger partial charge in [0.15, 0.2) is 9.84 Å². The first-order valence-corrected chi connectivity index (χ1v) is 9.47. The summed E-state index contributed by atoms with van der Waals surface area (Å²) in [5.41, 5.74) is 2.14. The third-order valence-corrected chi connectivity index (χ3v) is 5.65. The molecule has 6 heteroatoms. The Morgan fingerprint density at radius 1 is 1.17 bits per heavy atom. The van der Waals surface area contributed by atoms with E-state index in [0.29, 0.717) is 25.3 Å². The Kier molecular flexibility index (Phi) is 4.93. The second kappa shape index (κ2) is 7.10. The summed E-state index contributed by atoms with van der Waals surface area (Å²) in [6, 6.07) is 11.8. The maximum atomic E-state index is 11.4. The van der Waals surface area contributed by atoms with Crippen molar-refractivity contribution in [1.29, 1.82) is 0 Å². The SMILES string of the molecule is O=S1(=O)CC[C@H](NCc2ccc(OCc3cccnc3)cc2)C1. The Hall–Kier alpha value is -1.92. The van der Waals surface area contributed by atoms with Crippen LogP contribution < -0.4 is 10.1 Å². The van der Waals surface area contributed by atoms with Gasteiger partial charge in [-0.15, -0.1) is 0 Å². The first-order valence-electron chi connectivity index (χ1n) is 7.65. The van der Waals surface area contributed by atoms with E-state index in [1.54, 1.807) is 12.4 Å². The molecule has 2 heterocycles. The molecule has 23 heavy (non-hydrogen) atoms. The minimum atomic E-state index is -2.83. The lowest BCUT2D eigenvalue weighted by Gasteiger charge is -2.11. The van der Waals surface area contributed by atoms with Crippen LogP contribution in [-0.2, 0) is 23.0 Å². The van der Waals surface area contributed by atoms with Gasteiger partial charge in [0, 0.05) is 30.5 Å². The first-order chi connectivity index (χ1) is 11.1. The van der Waals surface area contributed by atoms with Crippen LogP contribution in [0.3, 0.4) is 0 Å². The van der Waals surface area contributed by atoms with Crippen molar-refractivity contribution >= 4 is 9.84 Å². The van der Waals surface area contributed by atoms with Crippen LogP contribution in [0.25, 0.3) is 0 Å². The molecule has 1 aromatic heterocycles. The standard InChI is InChI=1S/C17H20N2O3S/c20-23(21)9-7-16(13-23)19-11-14-3-5-17(6-4-14)22-12-15-2-1-8-18-10-15/h1-6,8,10,16,19H,7,9,11-13H2/t16-/m0/s1. The molecule has 0 saturated carbocycles. The third kappa shape index (κ3) is 4.77. The fourth-order valence-electron chi connectivity index (χ4n) is 2.57. The fourth-order valence-corrected chi connectivity index (χ4v) is 4.28. The third-order valence-electron chi connectivity index (χ3n) is 3.88. The highest BCUT2D eigenvalue weighted by atomic mass is 32.2. The normalized spacial score (nSPS) is 19.6. The van der Waals surface area contributed by atoms with E-state index in [1.165, 1.54) is 0 Å². The molecule has 1 aliphatic rings. The molecule has 1 aromatic carbocycles. The lowest BCUT2D eigenvalue weighted by Crippen LogP contribution is -2.29. The van der Waals surface area contributed by atoms with Crippen molar-refractivity contribution in [1.82, 2.24) is 10.3 Å². The van der Waals surface area contributed by atoms with Crippen LogP contribution in [0.5, 0.6) is 5.75 Å². The quantitative estimate of drug-likeness (QED) is 0.875. The summed E-state index contributed by atoms with van der Waals surface area (Å²) in [5, 5.41) is 3.30. The number of sulfone groups is 1. The van der Waals surface area contributed by atoms with E-state index in [9.17, 15) is 8.42 Å². The van der Waals surface area contributed by atoms with Gasteiger partial charge < -0.3 is 10.1 Å². The maximum absolute atomic E-state index is 11.4. The van der Waals surface area contributed by atoms with Crippen LogP contribution in [0.4, 0.5) is 0 Å². The summed E-state index contributed by atoms with van der Waals surface area (Å²) >= 11 is 0. The number of hydrogen-bond donors (Lipinski definition) is 1. The molecule has 1 fully saturated rings. The molecule has 122 valence electrons. The molecule has 5 nitrogen and oxygen atoms in total. The predicted molar refractivity (Wildman–Crippen MR) is 88.9 cm³/mol.